The Kier molecular flexibility index (Phi) is 6.26. The maximum atomic E-state index is 4.97. The molecule has 0 spiro atoms. The first-order chi connectivity index (χ1) is 21.5. The molecule has 6 aromatic rings. The second-order valence-electron chi connectivity index (χ2n) is 12.9. The van der Waals surface area contributed by atoms with E-state index in [9.17, 15) is 0 Å². The van der Waals surface area contributed by atoms with Gasteiger partial charge >= 0.3 is 0 Å². The summed E-state index contributed by atoms with van der Waals surface area (Å²) >= 11 is 0. The fourth-order valence-corrected chi connectivity index (χ4v) is 7.14. The van der Waals surface area contributed by atoms with E-state index in [1.165, 1.54) is 36.8 Å². The Bertz CT molecular complexity index is 1970. The van der Waals surface area contributed by atoms with Crippen LogP contribution in [0.3, 0.4) is 0 Å². The van der Waals surface area contributed by atoms with Crippen LogP contribution in [-0.2, 0) is 10.8 Å². The minimum Gasteiger partial charge on any atom is -0.255 e. The van der Waals surface area contributed by atoms with Crippen molar-refractivity contribution >= 4 is 0 Å². The van der Waals surface area contributed by atoms with E-state index in [0.717, 1.165) is 33.5 Å². The predicted octanol–water partition coefficient (Wildman–Crippen LogP) is 9.70. The van der Waals surface area contributed by atoms with Crippen molar-refractivity contribution in [1.29, 1.82) is 0 Å². The first-order valence-corrected chi connectivity index (χ1v) is 15.6. The molecular formula is C40H34N4. The second-order valence-corrected chi connectivity index (χ2v) is 12.9. The van der Waals surface area contributed by atoms with E-state index in [1.54, 1.807) is 5.56 Å². The molecule has 214 valence electrons. The minimum absolute atomic E-state index is 0.274. The van der Waals surface area contributed by atoms with Gasteiger partial charge in [0.15, 0.2) is 17.5 Å². The summed E-state index contributed by atoms with van der Waals surface area (Å²) in [5, 5.41) is 0. The SMILES string of the molecule is CC12CCC(C)(CC1)c1cc(-c3ccc(-c4nc(-c5ccccc5)nc(-c5cccc(-c6ccccc6)c5)n4)cn3)ccc12. The van der Waals surface area contributed by atoms with Gasteiger partial charge in [0.1, 0.15) is 0 Å². The molecule has 3 aliphatic carbocycles. The molecule has 3 aliphatic rings. The fraction of sp³-hybridized carbons (Fsp3) is 0.200. The Morgan fingerprint density at radius 1 is 0.432 bits per heavy atom. The molecular weight excluding hydrogens is 536 g/mol. The van der Waals surface area contributed by atoms with Crippen molar-refractivity contribution in [1.82, 2.24) is 19.9 Å². The van der Waals surface area contributed by atoms with Crippen molar-refractivity contribution in [3.63, 3.8) is 0 Å². The molecule has 1 fully saturated rings. The van der Waals surface area contributed by atoms with Gasteiger partial charge in [0.05, 0.1) is 5.69 Å². The number of hydrogen-bond acceptors (Lipinski definition) is 4. The van der Waals surface area contributed by atoms with Crippen LogP contribution in [0, 0.1) is 0 Å². The third kappa shape index (κ3) is 4.62. The molecule has 0 aliphatic heterocycles. The minimum atomic E-state index is 0.274. The van der Waals surface area contributed by atoms with Crippen LogP contribution < -0.4 is 0 Å². The molecule has 4 aromatic carbocycles. The van der Waals surface area contributed by atoms with Gasteiger partial charge in [-0.15, -0.1) is 0 Å². The number of benzene rings is 4. The average molecular weight is 571 g/mol. The van der Waals surface area contributed by atoms with Crippen molar-refractivity contribution < 1.29 is 0 Å². The normalized spacial score (nSPS) is 20.3. The van der Waals surface area contributed by atoms with Crippen LogP contribution in [0.25, 0.3) is 56.5 Å². The summed E-state index contributed by atoms with van der Waals surface area (Å²) in [6.45, 7) is 4.89. The maximum absolute atomic E-state index is 4.97. The average Bonchev–Trinajstić information content (AvgIpc) is 3.10. The molecule has 0 radical (unpaired) electrons. The summed E-state index contributed by atoms with van der Waals surface area (Å²) in [5.74, 6) is 1.90. The van der Waals surface area contributed by atoms with Gasteiger partial charge in [-0.3, -0.25) is 4.98 Å². The summed E-state index contributed by atoms with van der Waals surface area (Å²) in [7, 11) is 0. The van der Waals surface area contributed by atoms with Gasteiger partial charge in [-0.05, 0) is 83.0 Å². The van der Waals surface area contributed by atoms with Crippen molar-refractivity contribution in [3.8, 4) is 56.5 Å². The van der Waals surface area contributed by atoms with Crippen LogP contribution in [0.5, 0.6) is 0 Å². The molecule has 4 nitrogen and oxygen atoms in total. The Balaban J connectivity index is 1.18. The summed E-state index contributed by atoms with van der Waals surface area (Å²) < 4.78 is 0. The van der Waals surface area contributed by atoms with Crippen molar-refractivity contribution in [2.24, 2.45) is 0 Å². The van der Waals surface area contributed by atoms with E-state index in [4.69, 9.17) is 19.9 Å². The molecule has 0 atom stereocenters. The van der Waals surface area contributed by atoms with Gasteiger partial charge in [-0.1, -0.05) is 105 Å². The molecule has 2 heterocycles. The molecule has 0 amide bonds. The summed E-state index contributed by atoms with van der Waals surface area (Å²) in [5.41, 5.74) is 10.8. The van der Waals surface area contributed by atoms with E-state index >= 15 is 0 Å². The zero-order chi connectivity index (χ0) is 29.7. The van der Waals surface area contributed by atoms with Gasteiger partial charge < -0.3 is 0 Å². The molecule has 0 saturated heterocycles. The third-order valence-electron chi connectivity index (χ3n) is 9.99. The standard InChI is InChI=1S/C40H34N4/c1-39-20-22-40(2,23-21-39)34-25-30(16-18-33(34)39)35-19-17-32(26-41-35)38-43-36(28-12-7-4-8-13-28)42-37(44-38)31-15-9-14-29(24-31)27-10-5-3-6-11-27/h3-19,24-26H,20-23H2,1-2H3. The highest BCUT2D eigenvalue weighted by Crippen LogP contribution is 2.56. The fourth-order valence-electron chi connectivity index (χ4n) is 7.14. The molecule has 1 saturated carbocycles. The number of aromatic nitrogens is 4. The van der Waals surface area contributed by atoms with E-state index < -0.39 is 0 Å². The Hall–Kier alpha value is -4.96. The van der Waals surface area contributed by atoms with Gasteiger partial charge in [0.25, 0.3) is 0 Å². The lowest BCUT2D eigenvalue weighted by atomic mass is 9.52. The number of hydrogen-bond donors (Lipinski definition) is 0. The second kappa shape index (κ2) is 10.3. The molecule has 9 rings (SSSR count). The topological polar surface area (TPSA) is 51.6 Å². The molecule has 4 heteroatoms. The predicted molar refractivity (Wildman–Crippen MR) is 178 cm³/mol. The lowest BCUT2D eigenvalue weighted by Crippen LogP contribution is -2.44. The quantitative estimate of drug-likeness (QED) is 0.207. The van der Waals surface area contributed by atoms with E-state index in [1.807, 2.05) is 42.6 Å². The molecule has 2 aromatic heterocycles. The highest BCUT2D eigenvalue weighted by Gasteiger charge is 2.47. The van der Waals surface area contributed by atoms with Crippen LogP contribution in [0.4, 0.5) is 0 Å². The third-order valence-corrected chi connectivity index (χ3v) is 9.99. The monoisotopic (exact) mass is 570 g/mol. The van der Waals surface area contributed by atoms with E-state index in [2.05, 4.69) is 92.7 Å². The zero-order valence-electron chi connectivity index (χ0n) is 25.2. The van der Waals surface area contributed by atoms with Gasteiger partial charge in [-0.25, -0.2) is 15.0 Å². The largest absolute Gasteiger partial charge is 0.255 e. The van der Waals surface area contributed by atoms with E-state index in [-0.39, 0.29) is 5.41 Å². The molecule has 0 unspecified atom stereocenters. The summed E-state index contributed by atoms with van der Waals surface area (Å²) in [6.07, 6.45) is 7.02. The summed E-state index contributed by atoms with van der Waals surface area (Å²) in [4.78, 5) is 19.8. The lowest BCUT2D eigenvalue weighted by molar-refractivity contribution is 0.188. The number of fused-ring (bicyclic) bond motifs is 2. The van der Waals surface area contributed by atoms with Crippen LogP contribution in [0.15, 0.2) is 121 Å². The van der Waals surface area contributed by atoms with Crippen molar-refractivity contribution in [2.45, 2.75) is 50.4 Å². The van der Waals surface area contributed by atoms with Crippen LogP contribution in [-0.4, -0.2) is 19.9 Å². The lowest BCUT2D eigenvalue weighted by Gasteiger charge is -2.52. The van der Waals surface area contributed by atoms with Gasteiger partial charge in [-0.2, -0.15) is 0 Å². The summed E-state index contributed by atoms with van der Waals surface area (Å²) in [6, 6.07) is 40.1. The van der Waals surface area contributed by atoms with Crippen molar-refractivity contribution in [2.75, 3.05) is 0 Å². The smallest absolute Gasteiger partial charge is 0.165 e. The molecule has 44 heavy (non-hydrogen) atoms. The molecule has 0 N–H and O–H groups in total. The van der Waals surface area contributed by atoms with Crippen LogP contribution in [0.1, 0.15) is 50.7 Å². The Morgan fingerprint density at radius 2 is 0.977 bits per heavy atom. The number of pyridine rings is 1. The van der Waals surface area contributed by atoms with Crippen LogP contribution in [0.2, 0.25) is 0 Å². The Labute approximate surface area is 259 Å². The first-order valence-electron chi connectivity index (χ1n) is 15.6. The number of nitrogens with zero attached hydrogens (tertiary/aromatic N) is 4. The van der Waals surface area contributed by atoms with Crippen LogP contribution >= 0.6 is 0 Å². The Morgan fingerprint density at radius 3 is 1.64 bits per heavy atom. The van der Waals surface area contributed by atoms with E-state index in [0.29, 0.717) is 22.9 Å². The van der Waals surface area contributed by atoms with Gasteiger partial charge in [0, 0.05) is 28.5 Å². The van der Waals surface area contributed by atoms with Gasteiger partial charge in [0.2, 0.25) is 0 Å². The van der Waals surface area contributed by atoms with Crippen molar-refractivity contribution in [3.05, 3.63) is 133 Å². The highest BCUT2D eigenvalue weighted by atomic mass is 15.0. The molecule has 2 bridgehead atoms. The zero-order valence-corrected chi connectivity index (χ0v) is 25.2. The highest BCUT2D eigenvalue weighted by molar-refractivity contribution is 5.73. The number of rotatable bonds is 5. The maximum Gasteiger partial charge on any atom is 0.165 e. The first kappa shape index (κ1) is 26.7.